The van der Waals surface area contributed by atoms with Crippen molar-refractivity contribution >= 4 is 0 Å². The molecule has 2 aromatic rings. The van der Waals surface area contributed by atoms with E-state index in [0.717, 1.165) is 51.6 Å². The lowest BCUT2D eigenvalue weighted by Crippen LogP contribution is -2.47. The highest BCUT2D eigenvalue weighted by atomic mass is 16.6. The molecular formula is C35H50O6. The van der Waals surface area contributed by atoms with Gasteiger partial charge in [-0.15, -0.1) is 0 Å². The second-order valence-corrected chi connectivity index (χ2v) is 12.6. The Labute approximate surface area is 246 Å². The molecular weight excluding hydrogens is 516 g/mol. The number of benzene rings is 2. The highest BCUT2D eigenvalue weighted by molar-refractivity contribution is 5.40. The van der Waals surface area contributed by atoms with Crippen LogP contribution in [0.1, 0.15) is 74.5 Å². The van der Waals surface area contributed by atoms with Crippen LogP contribution in [0.2, 0.25) is 0 Å². The fourth-order valence-electron chi connectivity index (χ4n) is 8.07. The van der Waals surface area contributed by atoms with Crippen molar-refractivity contribution in [2.24, 2.45) is 23.2 Å². The maximum Gasteiger partial charge on any atom is 0.115 e. The van der Waals surface area contributed by atoms with Crippen LogP contribution in [0.3, 0.4) is 0 Å². The molecule has 0 heterocycles. The Kier molecular flexibility index (Phi) is 11.1. The van der Waals surface area contributed by atoms with E-state index in [1.54, 1.807) is 0 Å². The van der Waals surface area contributed by atoms with Crippen molar-refractivity contribution in [2.45, 2.75) is 76.9 Å². The summed E-state index contributed by atoms with van der Waals surface area (Å²) >= 11 is 0. The van der Waals surface area contributed by atoms with Crippen LogP contribution in [0.5, 0.6) is 5.75 Å². The molecule has 0 spiro atoms. The molecule has 3 aliphatic rings. The average Bonchev–Trinajstić information content (AvgIpc) is 3.29. The molecule has 2 saturated carbocycles. The van der Waals surface area contributed by atoms with Crippen LogP contribution in [0.15, 0.2) is 48.5 Å². The summed E-state index contributed by atoms with van der Waals surface area (Å²) in [6, 6.07) is 16.2. The Hall–Kier alpha value is -1.96. The minimum atomic E-state index is -0.156. The van der Waals surface area contributed by atoms with Gasteiger partial charge >= 0.3 is 0 Å². The van der Waals surface area contributed by atoms with Gasteiger partial charge in [0.05, 0.1) is 52.4 Å². The van der Waals surface area contributed by atoms with E-state index in [-0.39, 0.29) is 11.5 Å². The van der Waals surface area contributed by atoms with E-state index in [1.807, 2.05) is 30.3 Å². The van der Waals surface area contributed by atoms with Gasteiger partial charge in [-0.3, -0.25) is 0 Å². The van der Waals surface area contributed by atoms with Crippen molar-refractivity contribution in [1.82, 2.24) is 0 Å². The molecule has 41 heavy (non-hydrogen) atoms. The number of aliphatic hydroxyl groups is 1. The highest BCUT2D eigenvalue weighted by Crippen LogP contribution is 2.62. The summed E-state index contributed by atoms with van der Waals surface area (Å²) < 4.78 is 22.7. The van der Waals surface area contributed by atoms with Crippen molar-refractivity contribution in [3.05, 3.63) is 65.2 Å². The Bertz CT molecular complexity index is 1060. The first-order valence-corrected chi connectivity index (χ1v) is 15.9. The normalized spacial score (nSPS) is 28.7. The smallest absolute Gasteiger partial charge is 0.115 e. The van der Waals surface area contributed by atoms with Crippen LogP contribution in [-0.4, -0.2) is 62.6 Å². The first-order valence-electron chi connectivity index (χ1n) is 15.9. The minimum absolute atomic E-state index is 0.0676. The third-order valence-corrected chi connectivity index (χ3v) is 10.2. The highest BCUT2D eigenvalue weighted by Gasteiger charge is 2.56. The summed E-state index contributed by atoms with van der Waals surface area (Å²) in [4.78, 5) is 0. The lowest BCUT2D eigenvalue weighted by atomic mass is 9.52. The monoisotopic (exact) mass is 566 g/mol. The quantitative estimate of drug-likeness (QED) is 0.233. The Morgan fingerprint density at radius 2 is 1.51 bits per heavy atom. The lowest BCUT2D eigenvalue weighted by Gasteiger charge is -2.53. The third kappa shape index (κ3) is 7.71. The molecule has 0 aliphatic heterocycles. The largest absolute Gasteiger partial charge is 0.508 e. The van der Waals surface area contributed by atoms with Gasteiger partial charge in [-0.05, 0) is 103 Å². The fraction of sp³-hybridized carbons (Fsp3) is 0.657. The van der Waals surface area contributed by atoms with E-state index in [1.165, 1.54) is 23.1 Å². The van der Waals surface area contributed by atoms with Crippen LogP contribution in [0.25, 0.3) is 0 Å². The van der Waals surface area contributed by atoms with Gasteiger partial charge in [0.1, 0.15) is 5.75 Å². The number of aromatic hydroxyl groups is 1. The summed E-state index contributed by atoms with van der Waals surface area (Å²) in [5.41, 5.74) is 4.04. The van der Waals surface area contributed by atoms with Crippen molar-refractivity contribution in [2.75, 3.05) is 46.2 Å². The topological polar surface area (TPSA) is 77.4 Å². The predicted molar refractivity (Wildman–Crippen MR) is 160 cm³/mol. The second-order valence-electron chi connectivity index (χ2n) is 12.6. The summed E-state index contributed by atoms with van der Waals surface area (Å²) in [6.45, 7) is 7.20. The van der Waals surface area contributed by atoms with Crippen molar-refractivity contribution in [1.29, 1.82) is 0 Å². The number of phenols is 1. The SMILES string of the molecule is C[C@]12CC[C@@H]3c4ccc(O)cc4C[C@@H](CCCCOCCOCCOCCOCc4ccccc4)[C@H]3[C@@H]1CC[C@@H]2O. The molecule has 5 rings (SSSR count). The van der Waals surface area contributed by atoms with Crippen molar-refractivity contribution in [3.8, 4) is 5.75 Å². The van der Waals surface area contributed by atoms with E-state index >= 15 is 0 Å². The Morgan fingerprint density at radius 3 is 2.27 bits per heavy atom. The van der Waals surface area contributed by atoms with Crippen molar-refractivity contribution < 1.29 is 29.2 Å². The fourth-order valence-corrected chi connectivity index (χ4v) is 8.07. The third-order valence-electron chi connectivity index (χ3n) is 10.2. The van der Waals surface area contributed by atoms with Crippen molar-refractivity contribution in [3.63, 3.8) is 0 Å². The number of unbranched alkanes of at least 4 members (excludes halogenated alkanes) is 1. The number of rotatable bonds is 16. The van der Waals surface area contributed by atoms with Crippen LogP contribution < -0.4 is 0 Å². The molecule has 2 aromatic carbocycles. The van der Waals surface area contributed by atoms with E-state index in [2.05, 4.69) is 25.1 Å². The zero-order valence-electron chi connectivity index (χ0n) is 24.8. The maximum atomic E-state index is 10.9. The summed E-state index contributed by atoms with van der Waals surface area (Å²) in [5.74, 6) is 2.79. The molecule has 226 valence electrons. The Balaban J connectivity index is 0.946. The number of aliphatic hydroxyl groups excluding tert-OH is 1. The number of ether oxygens (including phenoxy) is 4. The van der Waals surface area contributed by atoms with Gasteiger partial charge in [0.25, 0.3) is 0 Å². The average molecular weight is 567 g/mol. The number of hydrogen-bond donors (Lipinski definition) is 2. The van der Waals surface area contributed by atoms with E-state index in [0.29, 0.717) is 75.7 Å². The maximum absolute atomic E-state index is 10.9. The molecule has 0 amide bonds. The van der Waals surface area contributed by atoms with E-state index < -0.39 is 0 Å². The summed E-state index contributed by atoms with van der Waals surface area (Å²) in [6.07, 6.45) is 8.64. The van der Waals surface area contributed by atoms with Gasteiger partial charge in [-0.1, -0.05) is 49.7 Å². The van der Waals surface area contributed by atoms with E-state index in [9.17, 15) is 10.2 Å². The summed E-state index contributed by atoms with van der Waals surface area (Å²) in [7, 11) is 0. The standard InChI is InChI=1S/C35H50O6/c1-35-15-14-31-30-11-10-29(36)24-28(30)23-27(34(31)32(35)12-13-33(35)37)9-5-6-16-38-17-18-39-19-20-40-21-22-41-25-26-7-3-2-4-8-26/h2-4,7-8,10-11,24,27,31-34,36-37H,5-6,9,12-23,25H2,1H3/t27-,31-,32+,33+,34-,35+/m1/s1. The minimum Gasteiger partial charge on any atom is -0.508 e. The molecule has 2 N–H and O–H groups in total. The Morgan fingerprint density at radius 1 is 0.805 bits per heavy atom. The molecule has 0 unspecified atom stereocenters. The molecule has 6 heteroatoms. The van der Waals surface area contributed by atoms with E-state index in [4.69, 9.17) is 18.9 Å². The van der Waals surface area contributed by atoms with Crippen LogP contribution in [0.4, 0.5) is 0 Å². The second kappa shape index (κ2) is 15.0. The van der Waals surface area contributed by atoms with Crippen LogP contribution in [0, 0.1) is 23.2 Å². The van der Waals surface area contributed by atoms with Gasteiger partial charge in [0, 0.05) is 6.61 Å². The lowest BCUT2D eigenvalue weighted by molar-refractivity contribution is -0.0399. The number of phenolic OH excluding ortho intramolecular Hbond substituents is 1. The van der Waals surface area contributed by atoms with Gasteiger partial charge in [-0.2, -0.15) is 0 Å². The molecule has 3 aliphatic carbocycles. The van der Waals surface area contributed by atoms with Crippen LogP contribution in [-0.2, 0) is 32.0 Å². The van der Waals surface area contributed by atoms with Gasteiger partial charge in [0.15, 0.2) is 0 Å². The zero-order chi connectivity index (χ0) is 28.5. The van der Waals surface area contributed by atoms with Gasteiger partial charge in [0.2, 0.25) is 0 Å². The number of hydrogen-bond acceptors (Lipinski definition) is 6. The van der Waals surface area contributed by atoms with Crippen LogP contribution >= 0.6 is 0 Å². The molecule has 0 bridgehead atoms. The molecule has 6 atom stereocenters. The first-order chi connectivity index (χ1) is 20.1. The molecule has 2 fully saturated rings. The molecule has 0 saturated heterocycles. The van der Waals surface area contributed by atoms with Gasteiger partial charge in [-0.25, -0.2) is 0 Å². The molecule has 0 aromatic heterocycles. The molecule has 6 nitrogen and oxygen atoms in total. The predicted octanol–water partition coefficient (Wildman–Crippen LogP) is 6.27. The molecule has 0 radical (unpaired) electrons. The number of fused-ring (bicyclic) bond motifs is 5. The zero-order valence-corrected chi connectivity index (χ0v) is 24.8. The van der Waals surface area contributed by atoms with Gasteiger partial charge < -0.3 is 29.2 Å². The first kappa shape index (κ1) is 30.5. The summed E-state index contributed by atoms with van der Waals surface area (Å²) in [5, 5.41) is 21.0.